The van der Waals surface area contributed by atoms with Crippen LogP contribution in [-0.2, 0) is 0 Å². The first-order valence-electron chi connectivity index (χ1n) is 8.72. The van der Waals surface area contributed by atoms with Gasteiger partial charge in [-0.1, -0.05) is 0 Å². The fourth-order valence-corrected chi connectivity index (χ4v) is 4.03. The Labute approximate surface area is 174 Å². The third-order valence-corrected chi connectivity index (χ3v) is 5.68. The highest BCUT2D eigenvalue weighted by Gasteiger charge is 2.20. The van der Waals surface area contributed by atoms with Crippen molar-refractivity contribution >= 4 is 55.4 Å². The van der Waals surface area contributed by atoms with Gasteiger partial charge in [-0.05, 0) is 30.3 Å². The number of nitrogen functional groups attached to an aromatic ring is 1. The SMILES string of the molecule is COc1ccc2nc3sc(C(=O)Nc4ccc([N+](=O)[O-])cc4OC)c(N)c3cc2c1. The summed E-state index contributed by atoms with van der Waals surface area (Å²) in [5.74, 6) is 0.415. The first-order chi connectivity index (χ1) is 14.4. The van der Waals surface area contributed by atoms with Gasteiger partial charge in [0.25, 0.3) is 11.6 Å². The van der Waals surface area contributed by atoms with E-state index in [0.717, 1.165) is 10.9 Å². The molecular weight excluding hydrogens is 408 g/mol. The molecule has 30 heavy (non-hydrogen) atoms. The first kappa shape index (κ1) is 19.4. The minimum atomic E-state index is -0.538. The topological polar surface area (TPSA) is 130 Å². The van der Waals surface area contributed by atoms with E-state index in [4.69, 9.17) is 15.2 Å². The van der Waals surface area contributed by atoms with Crippen molar-refractivity contribution in [3.63, 3.8) is 0 Å². The zero-order valence-corrected chi connectivity index (χ0v) is 16.8. The molecule has 0 aliphatic heterocycles. The van der Waals surface area contributed by atoms with E-state index in [-0.39, 0.29) is 11.4 Å². The molecule has 0 aliphatic rings. The number of anilines is 2. The van der Waals surface area contributed by atoms with Crippen molar-refractivity contribution in [2.75, 3.05) is 25.3 Å². The zero-order valence-electron chi connectivity index (χ0n) is 16.0. The highest BCUT2D eigenvalue weighted by Crippen LogP contribution is 2.36. The van der Waals surface area contributed by atoms with Gasteiger partial charge in [-0.2, -0.15) is 0 Å². The van der Waals surface area contributed by atoms with Crippen LogP contribution in [0.5, 0.6) is 11.5 Å². The minimum absolute atomic E-state index is 0.141. The largest absolute Gasteiger partial charge is 0.497 e. The molecule has 2 aromatic carbocycles. The Balaban J connectivity index is 1.72. The highest BCUT2D eigenvalue weighted by atomic mass is 32.1. The lowest BCUT2D eigenvalue weighted by atomic mass is 10.1. The molecule has 4 rings (SSSR count). The molecule has 9 nitrogen and oxygen atoms in total. The lowest BCUT2D eigenvalue weighted by molar-refractivity contribution is -0.384. The number of benzene rings is 2. The number of carbonyl (C=O) groups is 1. The number of nitrogens with two attached hydrogens (primary N) is 1. The normalized spacial score (nSPS) is 10.9. The van der Waals surface area contributed by atoms with Gasteiger partial charge >= 0.3 is 0 Å². The molecule has 0 radical (unpaired) electrons. The number of carbonyl (C=O) groups excluding carboxylic acids is 1. The van der Waals surface area contributed by atoms with Crippen molar-refractivity contribution in [1.29, 1.82) is 0 Å². The number of hydrogen-bond acceptors (Lipinski definition) is 8. The maximum absolute atomic E-state index is 12.9. The number of hydrogen-bond donors (Lipinski definition) is 2. The van der Waals surface area contributed by atoms with Crippen molar-refractivity contribution in [2.45, 2.75) is 0 Å². The summed E-state index contributed by atoms with van der Waals surface area (Å²) < 4.78 is 10.4. The van der Waals surface area contributed by atoms with Crippen LogP contribution in [0.1, 0.15) is 9.67 Å². The molecule has 0 saturated heterocycles. The summed E-state index contributed by atoms with van der Waals surface area (Å²) in [5.41, 5.74) is 7.47. The summed E-state index contributed by atoms with van der Waals surface area (Å²) in [5, 5.41) is 15.2. The summed E-state index contributed by atoms with van der Waals surface area (Å²) >= 11 is 1.17. The summed E-state index contributed by atoms with van der Waals surface area (Å²) in [7, 11) is 2.95. The average Bonchev–Trinajstić information content (AvgIpc) is 3.07. The fourth-order valence-electron chi connectivity index (χ4n) is 3.05. The molecule has 152 valence electrons. The molecule has 0 bridgehead atoms. The van der Waals surface area contributed by atoms with Crippen LogP contribution in [0.3, 0.4) is 0 Å². The van der Waals surface area contributed by atoms with Crippen molar-refractivity contribution in [3.05, 3.63) is 57.5 Å². The number of amides is 1. The second kappa shape index (κ2) is 7.48. The van der Waals surface area contributed by atoms with Crippen LogP contribution in [0.2, 0.25) is 0 Å². The lowest BCUT2D eigenvalue weighted by Crippen LogP contribution is -2.12. The highest BCUT2D eigenvalue weighted by molar-refractivity contribution is 7.21. The number of rotatable bonds is 5. The van der Waals surface area contributed by atoms with E-state index in [0.29, 0.717) is 32.2 Å². The molecule has 3 N–H and O–H groups in total. The molecular formula is C20H16N4O5S. The van der Waals surface area contributed by atoms with Crippen LogP contribution in [-0.4, -0.2) is 30.0 Å². The Bertz CT molecular complexity index is 1320. The minimum Gasteiger partial charge on any atom is -0.497 e. The molecule has 0 fully saturated rings. The van der Waals surface area contributed by atoms with Crippen LogP contribution in [0.25, 0.3) is 21.1 Å². The van der Waals surface area contributed by atoms with Crippen LogP contribution in [0.4, 0.5) is 17.1 Å². The molecule has 0 unspecified atom stereocenters. The second-order valence-electron chi connectivity index (χ2n) is 6.34. The van der Waals surface area contributed by atoms with Gasteiger partial charge in [0.15, 0.2) is 0 Å². The number of thiophene rings is 1. The second-order valence-corrected chi connectivity index (χ2v) is 7.34. The third kappa shape index (κ3) is 3.33. The van der Waals surface area contributed by atoms with Gasteiger partial charge in [0.1, 0.15) is 21.2 Å². The summed E-state index contributed by atoms with van der Waals surface area (Å²) in [6.07, 6.45) is 0. The maximum Gasteiger partial charge on any atom is 0.273 e. The van der Waals surface area contributed by atoms with Crippen LogP contribution in [0.15, 0.2) is 42.5 Å². The van der Waals surface area contributed by atoms with Gasteiger partial charge in [0.05, 0.1) is 42.1 Å². The van der Waals surface area contributed by atoms with Gasteiger partial charge in [-0.25, -0.2) is 4.98 Å². The van der Waals surface area contributed by atoms with Gasteiger partial charge in [0, 0.05) is 16.8 Å². The van der Waals surface area contributed by atoms with Gasteiger partial charge < -0.3 is 20.5 Å². The predicted molar refractivity (Wildman–Crippen MR) is 116 cm³/mol. The van der Waals surface area contributed by atoms with Crippen molar-refractivity contribution < 1.29 is 19.2 Å². The monoisotopic (exact) mass is 424 g/mol. The number of aromatic nitrogens is 1. The summed E-state index contributed by atoms with van der Waals surface area (Å²) in [6.45, 7) is 0. The van der Waals surface area contributed by atoms with Crippen LogP contribution < -0.4 is 20.5 Å². The van der Waals surface area contributed by atoms with Crippen LogP contribution in [0, 0.1) is 10.1 Å². The van der Waals surface area contributed by atoms with E-state index >= 15 is 0 Å². The number of nitrogens with one attached hydrogen (secondary N) is 1. The van der Waals surface area contributed by atoms with Gasteiger partial charge in [-0.15, -0.1) is 11.3 Å². The van der Waals surface area contributed by atoms with Crippen LogP contribution >= 0.6 is 11.3 Å². The molecule has 0 spiro atoms. The third-order valence-electron chi connectivity index (χ3n) is 4.57. The molecule has 0 atom stereocenters. The molecule has 10 heteroatoms. The van der Waals surface area contributed by atoms with Crippen molar-refractivity contribution in [3.8, 4) is 11.5 Å². The lowest BCUT2D eigenvalue weighted by Gasteiger charge is -2.09. The number of nitro benzene ring substituents is 1. The maximum atomic E-state index is 12.9. The van der Waals surface area contributed by atoms with E-state index in [1.807, 2.05) is 24.3 Å². The Kier molecular flexibility index (Phi) is 4.84. The summed E-state index contributed by atoms with van der Waals surface area (Å²) in [6, 6.07) is 11.3. The number of pyridine rings is 1. The van der Waals surface area contributed by atoms with E-state index in [1.54, 1.807) is 7.11 Å². The number of nitrogens with zero attached hydrogens (tertiary/aromatic N) is 2. The van der Waals surface area contributed by atoms with Crippen molar-refractivity contribution in [1.82, 2.24) is 4.98 Å². The predicted octanol–water partition coefficient (Wildman–Crippen LogP) is 4.21. The van der Waals surface area contributed by atoms with Gasteiger partial charge in [-0.3, -0.25) is 14.9 Å². The number of ether oxygens (including phenoxy) is 2. The Morgan fingerprint density at radius 3 is 2.67 bits per heavy atom. The van der Waals surface area contributed by atoms with E-state index in [1.165, 1.54) is 36.6 Å². The van der Waals surface area contributed by atoms with E-state index in [9.17, 15) is 14.9 Å². The average molecular weight is 424 g/mol. The smallest absolute Gasteiger partial charge is 0.273 e. The number of methoxy groups -OCH3 is 2. The van der Waals surface area contributed by atoms with E-state index in [2.05, 4.69) is 10.3 Å². The van der Waals surface area contributed by atoms with E-state index < -0.39 is 10.8 Å². The standard InChI is InChI=1S/C20H16N4O5S/c1-28-12-4-6-14-10(7-12)8-13-17(21)18(30-20(13)23-14)19(25)22-15-5-3-11(24(26)27)9-16(15)29-2/h3-9H,21H2,1-2H3,(H,22,25). The Morgan fingerprint density at radius 1 is 1.17 bits per heavy atom. The Hall–Kier alpha value is -3.92. The fraction of sp³-hybridized carbons (Fsp3) is 0.100. The Morgan fingerprint density at radius 2 is 1.97 bits per heavy atom. The quantitative estimate of drug-likeness (QED) is 0.362. The van der Waals surface area contributed by atoms with Crippen molar-refractivity contribution in [2.24, 2.45) is 0 Å². The molecule has 1 amide bonds. The molecule has 0 aliphatic carbocycles. The molecule has 2 heterocycles. The summed E-state index contributed by atoms with van der Waals surface area (Å²) in [4.78, 5) is 28.8. The molecule has 0 saturated carbocycles. The molecule has 2 aromatic heterocycles. The molecule has 4 aromatic rings. The number of nitro groups is 1. The van der Waals surface area contributed by atoms with Gasteiger partial charge in [0.2, 0.25) is 0 Å². The zero-order chi connectivity index (χ0) is 21.4. The number of fused-ring (bicyclic) bond motifs is 2. The number of non-ortho nitro benzene ring substituents is 1. The first-order valence-corrected chi connectivity index (χ1v) is 9.53.